The molecule has 0 fully saturated rings. The Morgan fingerprint density at radius 1 is 0.793 bits per heavy atom. The molecule has 0 aliphatic rings. The van der Waals surface area contributed by atoms with Crippen LogP contribution in [0.15, 0.2) is 54.7 Å². The Bertz CT molecular complexity index is 990. The van der Waals surface area contributed by atoms with Gasteiger partial charge in [0, 0.05) is 48.3 Å². The first-order valence-corrected chi connectivity index (χ1v) is 8.84. The second kappa shape index (κ2) is 8.83. The smallest absolute Gasteiger partial charge is 0.323 e. The Morgan fingerprint density at radius 2 is 1.41 bits per heavy atom. The largest absolute Gasteiger partial charge is 0.497 e. The number of carbonyl (C=O) groups is 2. The van der Waals surface area contributed by atoms with Crippen molar-refractivity contribution >= 4 is 29.1 Å². The highest BCUT2D eigenvalue weighted by molar-refractivity contribution is 6.00. The van der Waals surface area contributed by atoms with Gasteiger partial charge in [-0.15, -0.1) is 0 Å². The summed E-state index contributed by atoms with van der Waals surface area (Å²) in [4.78, 5) is 26.4. The van der Waals surface area contributed by atoms with Crippen molar-refractivity contribution in [2.45, 2.75) is 6.92 Å². The lowest BCUT2D eigenvalue weighted by molar-refractivity contribution is -0.114. The van der Waals surface area contributed by atoms with Crippen LogP contribution in [0.2, 0.25) is 0 Å². The lowest BCUT2D eigenvalue weighted by Gasteiger charge is -2.11. The fraction of sp³-hybridized carbons (Fsp3) is 0.143. The number of urea groups is 1. The minimum absolute atomic E-state index is 0.141. The van der Waals surface area contributed by atoms with Gasteiger partial charge in [-0.05, 0) is 23.8 Å². The van der Waals surface area contributed by atoms with E-state index in [9.17, 15) is 9.59 Å². The molecule has 3 rings (SSSR count). The zero-order valence-electron chi connectivity index (χ0n) is 16.3. The van der Waals surface area contributed by atoms with Gasteiger partial charge in [-0.1, -0.05) is 12.1 Å². The van der Waals surface area contributed by atoms with E-state index in [-0.39, 0.29) is 11.9 Å². The van der Waals surface area contributed by atoms with E-state index < -0.39 is 0 Å². The second-order valence-corrected chi connectivity index (χ2v) is 6.24. The van der Waals surface area contributed by atoms with Crippen LogP contribution in [-0.2, 0) is 4.79 Å². The topological polar surface area (TPSA) is 104 Å². The number of aromatic amines is 1. The maximum absolute atomic E-state index is 12.3. The minimum Gasteiger partial charge on any atom is -0.497 e. The van der Waals surface area contributed by atoms with Crippen molar-refractivity contribution in [3.63, 3.8) is 0 Å². The van der Waals surface area contributed by atoms with Crippen LogP contribution in [0.25, 0.3) is 11.1 Å². The standard InChI is InChI=1S/C21H22N4O4/c1-13(26)23-20-8-15(12-22-20)14-4-6-16(7-5-14)24-21(27)25-17-9-18(28-2)11-19(10-17)29-3/h4-12,22H,1-3H3,(H,23,26)(H2,24,25,27). The van der Waals surface area contributed by atoms with Gasteiger partial charge >= 0.3 is 6.03 Å². The molecular formula is C21H22N4O4. The van der Waals surface area contributed by atoms with E-state index in [1.807, 2.05) is 18.2 Å². The van der Waals surface area contributed by atoms with Gasteiger partial charge in [0.1, 0.15) is 17.3 Å². The zero-order valence-corrected chi connectivity index (χ0v) is 16.3. The molecule has 0 saturated carbocycles. The van der Waals surface area contributed by atoms with Gasteiger partial charge in [0.2, 0.25) is 5.91 Å². The molecule has 8 nitrogen and oxygen atoms in total. The van der Waals surface area contributed by atoms with E-state index >= 15 is 0 Å². The maximum Gasteiger partial charge on any atom is 0.323 e. The number of H-pyrrole nitrogens is 1. The number of amides is 3. The van der Waals surface area contributed by atoms with Crippen LogP contribution in [0, 0.1) is 0 Å². The third-order valence-electron chi connectivity index (χ3n) is 4.08. The summed E-state index contributed by atoms with van der Waals surface area (Å²) >= 11 is 0. The van der Waals surface area contributed by atoms with Crippen molar-refractivity contribution in [1.82, 2.24) is 4.98 Å². The molecule has 0 bridgehead atoms. The molecule has 0 atom stereocenters. The van der Waals surface area contributed by atoms with E-state index in [0.717, 1.165) is 11.1 Å². The van der Waals surface area contributed by atoms with Crippen molar-refractivity contribution in [2.24, 2.45) is 0 Å². The van der Waals surface area contributed by atoms with Crippen LogP contribution >= 0.6 is 0 Å². The van der Waals surface area contributed by atoms with E-state index in [0.29, 0.717) is 28.7 Å². The predicted molar refractivity (Wildman–Crippen MR) is 113 cm³/mol. The monoisotopic (exact) mass is 394 g/mol. The first kappa shape index (κ1) is 19.8. The van der Waals surface area contributed by atoms with Crippen molar-refractivity contribution in [2.75, 3.05) is 30.2 Å². The van der Waals surface area contributed by atoms with Gasteiger partial charge in [-0.3, -0.25) is 4.79 Å². The summed E-state index contributed by atoms with van der Waals surface area (Å²) in [6, 6.07) is 13.9. The fourth-order valence-electron chi connectivity index (χ4n) is 2.74. The summed E-state index contributed by atoms with van der Waals surface area (Å²) in [5, 5.41) is 8.23. The molecule has 1 heterocycles. The number of hydrogen-bond donors (Lipinski definition) is 4. The Kier molecular flexibility index (Phi) is 6.03. The molecule has 2 aromatic carbocycles. The van der Waals surface area contributed by atoms with E-state index in [1.165, 1.54) is 6.92 Å². The number of aromatic nitrogens is 1. The summed E-state index contributed by atoms with van der Waals surface area (Å²) in [6.45, 7) is 1.45. The van der Waals surface area contributed by atoms with Gasteiger partial charge < -0.3 is 30.4 Å². The number of ether oxygens (including phenoxy) is 2. The third-order valence-corrected chi connectivity index (χ3v) is 4.08. The number of rotatable bonds is 6. The Hall–Kier alpha value is -3.94. The molecule has 150 valence electrons. The van der Waals surface area contributed by atoms with Crippen molar-refractivity contribution < 1.29 is 19.1 Å². The average Bonchev–Trinajstić information content (AvgIpc) is 3.15. The first-order chi connectivity index (χ1) is 14.0. The van der Waals surface area contributed by atoms with Crippen LogP contribution in [-0.4, -0.2) is 31.1 Å². The number of methoxy groups -OCH3 is 2. The molecule has 0 aliphatic carbocycles. The molecule has 0 radical (unpaired) electrons. The van der Waals surface area contributed by atoms with Gasteiger partial charge in [0.05, 0.1) is 14.2 Å². The lowest BCUT2D eigenvalue weighted by Crippen LogP contribution is -2.19. The predicted octanol–water partition coefficient (Wildman–Crippen LogP) is 4.30. The number of nitrogens with one attached hydrogen (secondary N) is 4. The molecule has 0 spiro atoms. The summed E-state index contributed by atoms with van der Waals surface area (Å²) in [6.07, 6.45) is 1.80. The van der Waals surface area contributed by atoms with Crippen LogP contribution < -0.4 is 25.4 Å². The highest BCUT2D eigenvalue weighted by atomic mass is 16.5. The summed E-state index contributed by atoms with van der Waals surface area (Å²) in [7, 11) is 3.09. The van der Waals surface area contributed by atoms with Crippen LogP contribution in [0.5, 0.6) is 11.5 Å². The number of benzene rings is 2. The van der Waals surface area contributed by atoms with Gasteiger partial charge in [-0.25, -0.2) is 4.79 Å². The van der Waals surface area contributed by atoms with Gasteiger partial charge in [0.15, 0.2) is 0 Å². The van der Waals surface area contributed by atoms with Crippen molar-refractivity contribution in [1.29, 1.82) is 0 Å². The highest BCUT2D eigenvalue weighted by Gasteiger charge is 2.08. The molecule has 3 amide bonds. The maximum atomic E-state index is 12.3. The summed E-state index contributed by atoms with van der Waals surface area (Å²) in [5.74, 6) is 1.64. The Labute approximate surface area is 168 Å². The highest BCUT2D eigenvalue weighted by Crippen LogP contribution is 2.26. The van der Waals surface area contributed by atoms with E-state index in [1.54, 1.807) is 50.7 Å². The average molecular weight is 394 g/mol. The first-order valence-electron chi connectivity index (χ1n) is 8.84. The molecule has 29 heavy (non-hydrogen) atoms. The van der Waals surface area contributed by atoms with Crippen molar-refractivity contribution in [3.05, 3.63) is 54.7 Å². The van der Waals surface area contributed by atoms with Crippen LogP contribution in [0.4, 0.5) is 22.0 Å². The molecule has 3 aromatic rings. The Morgan fingerprint density at radius 3 is 2.00 bits per heavy atom. The number of anilines is 3. The minimum atomic E-state index is -0.386. The van der Waals surface area contributed by atoms with Crippen LogP contribution in [0.3, 0.4) is 0 Å². The van der Waals surface area contributed by atoms with Crippen molar-refractivity contribution in [3.8, 4) is 22.6 Å². The number of carbonyl (C=O) groups excluding carboxylic acids is 2. The van der Waals surface area contributed by atoms with E-state index in [2.05, 4.69) is 20.9 Å². The summed E-state index contributed by atoms with van der Waals surface area (Å²) in [5.41, 5.74) is 3.06. The molecule has 4 N–H and O–H groups in total. The SMILES string of the molecule is COc1cc(NC(=O)Nc2ccc(-c3c[nH]c(NC(C)=O)c3)cc2)cc(OC)c1. The Balaban J connectivity index is 1.64. The molecule has 0 unspecified atom stereocenters. The quantitative estimate of drug-likeness (QED) is 0.500. The summed E-state index contributed by atoms with van der Waals surface area (Å²) < 4.78 is 10.4. The molecule has 0 aliphatic heterocycles. The molecule has 1 aromatic heterocycles. The lowest BCUT2D eigenvalue weighted by atomic mass is 10.1. The molecule has 0 saturated heterocycles. The molecular weight excluding hydrogens is 372 g/mol. The van der Waals surface area contributed by atoms with Gasteiger partial charge in [0.25, 0.3) is 0 Å². The zero-order chi connectivity index (χ0) is 20.8. The second-order valence-electron chi connectivity index (χ2n) is 6.24. The van der Waals surface area contributed by atoms with Gasteiger partial charge in [-0.2, -0.15) is 0 Å². The molecule has 8 heteroatoms. The van der Waals surface area contributed by atoms with E-state index in [4.69, 9.17) is 9.47 Å². The fourth-order valence-corrected chi connectivity index (χ4v) is 2.74. The third kappa shape index (κ3) is 5.29. The normalized spacial score (nSPS) is 10.2. The number of hydrogen-bond acceptors (Lipinski definition) is 4. The van der Waals surface area contributed by atoms with Crippen LogP contribution in [0.1, 0.15) is 6.92 Å².